The number of hydrogen-bond acceptors (Lipinski definition) is 7. The van der Waals surface area contributed by atoms with E-state index in [0.29, 0.717) is 13.1 Å². The first-order chi connectivity index (χ1) is 28.8. The summed E-state index contributed by atoms with van der Waals surface area (Å²) in [6, 6.07) is 42.8. The molecule has 0 bridgehead atoms. The van der Waals surface area contributed by atoms with Crippen molar-refractivity contribution in [2.24, 2.45) is 0 Å². The summed E-state index contributed by atoms with van der Waals surface area (Å²) in [5.74, 6) is 0. The number of fused-ring (bicyclic) bond motifs is 4. The average molecular weight is 858 g/mol. The molecule has 0 spiro atoms. The molecule has 0 saturated carbocycles. The molecule has 61 heavy (non-hydrogen) atoms. The number of H-pyrrole nitrogens is 2. The van der Waals surface area contributed by atoms with Gasteiger partial charge in [0.05, 0.1) is 11.0 Å². The number of hydrogen-bond donors (Lipinski definition) is 3. The molecule has 2 aliphatic heterocycles. The Kier molecular flexibility index (Phi) is 13.4. The van der Waals surface area contributed by atoms with E-state index in [4.69, 9.17) is 4.74 Å². The van der Waals surface area contributed by atoms with Gasteiger partial charge in [0, 0.05) is 98.7 Å². The number of ether oxygens (including phenoxy) is 1. The van der Waals surface area contributed by atoms with Gasteiger partial charge in [-0.05, 0) is 77.7 Å². The maximum absolute atomic E-state index is 12.5. The van der Waals surface area contributed by atoms with Crippen LogP contribution in [-0.4, -0.2) is 89.3 Å². The van der Waals surface area contributed by atoms with E-state index in [2.05, 4.69) is 157 Å². The Morgan fingerprint density at radius 2 is 1.02 bits per heavy atom. The number of amides is 1. The van der Waals surface area contributed by atoms with E-state index in [-0.39, 0.29) is 30.9 Å². The number of anilines is 2. The minimum Gasteiger partial charge on any atom is -0.444 e. The van der Waals surface area contributed by atoms with Crippen molar-refractivity contribution in [1.82, 2.24) is 30.6 Å². The molecular formula is C49H54Cl2N8O2. The van der Waals surface area contributed by atoms with Crippen molar-refractivity contribution in [1.29, 1.82) is 0 Å². The van der Waals surface area contributed by atoms with E-state index in [0.717, 1.165) is 74.2 Å². The Balaban J connectivity index is 0.000000182. The van der Waals surface area contributed by atoms with E-state index in [9.17, 15) is 4.79 Å². The Morgan fingerprint density at radius 3 is 1.51 bits per heavy atom. The number of rotatable bonds is 6. The zero-order valence-electron chi connectivity index (χ0n) is 35.0. The quantitative estimate of drug-likeness (QED) is 0.153. The first kappa shape index (κ1) is 43.3. The van der Waals surface area contributed by atoms with Crippen molar-refractivity contribution in [3.63, 3.8) is 0 Å². The highest BCUT2D eigenvalue weighted by molar-refractivity contribution is 5.96. The minimum atomic E-state index is -0.479. The summed E-state index contributed by atoms with van der Waals surface area (Å²) in [5.41, 5.74) is 8.94. The number of aromatic nitrogens is 4. The van der Waals surface area contributed by atoms with Crippen LogP contribution in [0.3, 0.4) is 0 Å². The summed E-state index contributed by atoms with van der Waals surface area (Å²) in [4.78, 5) is 19.1. The third-order valence-corrected chi connectivity index (χ3v) is 11.5. The summed E-state index contributed by atoms with van der Waals surface area (Å²) < 4.78 is 5.55. The second-order valence-corrected chi connectivity index (χ2v) is 16.6. The molecule has 0 radical (unpaired) electrons. The topological polar surface area (TPSA) is 105 Å². The molecule has 10 rings (SSSR count). The molecule has 1 amide bonds. The number of carbonyl (C=O) groups excluding carboxylic acids is 1. The monoisotopic (exact) mass is 856 g/mol. The smallest absolute Gasteiger partial charge is 0.410 e. The Labute approximate surface area is 369 Å². The number of benzene rings is 6. The fraction of sp³-hybridized carbons (Fsp3) is 0.286. The molecule has 2 fully saturated rings. The van der Waals surface area contributed by atoms with Crippen LogP contribution in [0.1, 0.15) is 43.3 Å². The molecule has 4 heterocycles. The van der Waals surface area contributed by atoms with Gasteiger partial charge in [0.1, 0.15) is 5.60 Å². The van der Waals surface area contributed by atoms with Crippen LogP contribution in [0, 0.1) is 0 Å². The maximum Gasteiger partial charge on any atom is 0.410 e. The summed E-state index contributed by atoms with van der Waals surface area (Å²) in [5, 5.41) is 26.8. The molecule has 3 N–H and O–H groups in total. The lowest BCUT2D eigenvalue weighted by Crippen LogP contribution is -2.50. The number of aromatic amines is 2. The van der Waals surface area contributed by atoms with Crippen molar-refractivity contribution in [2.45, 2.75) is 39.2 Å². The van der Waals surface area contributed by atoms with Gasteiger partial charge in [-0.25, -0.2) is 4.79 Å². The maximum atomic E-state index is 12.5. The van der Waals surface area contributed by atoms with Gasteiger partial charge in [0.15, 0.2) is 0 Å². The van der Waals surface area contributed by atoms with Crippen molar-refractivity contribution in [3.05, 3.63) is 144 Å². The van der Waals surface area contributed by atoms with Crippen molar-refractivity contribution in [2.75, 3.05) is 62.2 Å². The predicted molar refractivity (Wildman–Crippen MR) is 255 cm³/mol. The van der Waals surface area contributed by atoms with E-state index < -0.39 is 5.60 Å². The Hall–Kier alpha value is -5.81. The summed E-state index contributed by atoms with van der Waals surface area (Å²) in [7, 11) is 0. The number of halogens is 2. The van der Waals surface area contributed by atoms with Gasteiger partial charge in [-0.15, -0.1) is 24.8 Å². The van der Waals surface area contributed by atoms with E-state index in [1.165, 1.54) is 55.1 Å². The fourth-order valence-electron chi connectivity index (χ4n) is 8.65. The molecule has 8 aromatic rings. The number of carbonyl (C=O) groups is 1. The number of piperazine rings is 2. The van der Waals surface area contributed by atoms with Crippen LogP contribution in [-0.2, 0) is 17.6 Å². The van der Waals surface area contributed by atoms with Gasteiger partial charge in [-0.2, -0.15) is 10.2 Å². The molecule has 10 nitrogen and oxygen atoms in total. The van der Waals surface area contributed by atoms with Crippen LogP contribution in [0.25, 0.3) is 43.4 Å². The molecular weight excluding hydrogens is 803 g/mol. The van der Waals surface area contributed by atoms with Gasteiger partial charge in [-0.1, -0.05) is 97.1 Å². The molecule has 12 heteroatoms. The summed E-state index contributed by atoms with van der Waals surface area (Å²) in [6.07, 6.45) is 1.41. The van der Waals surface area contributed by atoms with Gasteiger partial charge in [0.2, 0.25) is 0 Å². The summed E-state index contributed by atoms with van der Waals surface area (Å²) in [6.45, 7) is 12.7. The lowest BCUT2D eigenvalue weighted by Gasteiger charge is -2.37. The van der Waals surface area contributed by atoms with Crippen molar-refractivity contribution < 1.29 is 9.53 Å². The highest BCUT2D eigenvalue weighted by Crippen LogP contribution is 2.33. The standard InChI is InChI=1S/C27H30N4O2.C22H22N4.2ClH/c1-27(2,3)33-26(32)31-16-14-30(15-17-31)24-13-7-12-22-25(24)23(29-28-22)18-20-10-6-9-19-8-4-5-11-21(19)20;1-2-8-18-16(5-1)6-3-7-17(18)15-20-22-19(24-25-20)9-4-10-21(22)26-13-11-23-12-14-26;;/h4-13H,14-18H2,1-3H3,(H,28,29);1-10,23H,11-15H2,(H,24,25);2*1H. The van der Waals surface area contributed by atoms with Gasteiger partial charge in [0.25, 0.3) is 0 Å². The molecule has 316 valence electrons. The second-order valence-electron chi connectivity index (χ2n) is 16.6. The van der Waals surface area contributed by atoms with Crippen LogP contribution in [0.5, 0.6) is 0 Å². The van der Waals surface area contributed by atoms with E-state index in [1.807, 2.05) is 20.8 Å². The van der Waals surface area contributed by atoms with Crippen molar-refractivity contribution in [3.8, 4) is 0 Å². The lowest BCUT2D eigenvalue weighted by atomic mass is 9.99. The van der Waals surface area contributed by atoms with E-state index in [1.54, 1.807) is 4.90 Å². The molecule has 6 aromatic carbocycles. The molecule has 0 aliphatic carbocycles. The average Bonchev–Trinajstić information content (AvgIpc) is 3.88. The largest absolute Gasteiger partial charge is 0.444 e. The molecule has 0 unspecified atom stereocenters. The third-order valence-electron chi connectivity index (χ3n) is 11.5. The predicted octanol–water partition coefficient (Wildman–Crippen LogP) is 9.92. The van der Waals surface area contributed by atoms with Crippen LogP contribution in [0.15, 0.2) is 121 Å². The molecule has 2 saturated heterocycles. The van der Waals surface area contributed by atoms with Gasteiger partial charge in [-0.3, -0.25) is 10.2 Å². The normalized spacial score (nSPS) is 14.4. The van der Waals surface area contributed by atoms with E-state index >= 15 is 0 Å². The zero-order valence-corrected chi connectivity index (χ0v) is 36.6. The highest BCUT2D eigenvalue weighted by atomic mass is 35.5. The minimum absolute atomic E-state index is 0. The summed E-state index contributed by atoms with van der Waals surface area (Å²) >= 11 is 0. The van der Waals surface area contributed by atoms with Crippen LogP contribution < -0.4 is 15.1 Å². The Bertz CT molecular complexity index is 2740. The molecule has 0 atom stereocenters. The van der Waals surface area contributed by atoms with Gasteiger partial charge >= 0.3 is 6.09 Å². The van der Waals surface area contributed by atoms with Gasteiger partial charge < -0.3 is 24.8 Å². The van der Waals surface area contributed by atoms with Crippen molar-refractivity contribution >= 4 is 85.6 Å². The van der Waals surface area contributed by atoms with Crippen LogP contribution in [0.4, 0.5) is 16.2 Å². The zero-order chi connectivity index (χ0) is 40.3. The third kappa shape index (κ3) is 9.42. The lowest BCUT2D eigenvalue weighted by molar-refractivity contribution is 0.0240. The number of nitrogens with zero attached hydrogens (tertiary/aromatic N) is 5. The fourth-order valence-corrected chi connectivity index (χ4v) is 8.65. The first-order valence-electron chi connectivity index (χ1n) is 20.8. The molecule has 2 aliphatic rings. The first-order valence-corrected chi connectivity index (χ1v) is 20.8. The molecule has 2 aromatic heterocycles. The SMILES string of the molecule is CC(C)(C)OC(=O)N1CCN(c2cccc3n[nH]c(Cc4cccc5ccccc45)c23)CC1.Cl.Cl.c1ccc2c(Cc3[nH]nc4cccc(N5CCNCC5)c34)cccc2c1. The Morgan fingerprint density at radius 1 is 0.574 bits per heavy atom. The highest BCUT2D eigenvalue weighted by Gasteiger charge is 2.27. The van der Waals surface area contributed by atoms with Crippen LogP contribution >= 0.6 is 24.8 Å². The second kappa shape index (κ2) is 18.8. The number of nitrogens with one attached hydrogen (secondary N) is 3. The van der Waals surface area contributed by atoms with Crippen LogP contribution in [0.2, 0.25) is 0 Å².